The highest BCUT2D eigenvalue weighted by Crippen LogP contribution is 2.41. The molecule has 0 bridgehead atoms. The number of rotatable bonds is 6. The predicted molar refractivity (Wildman–Crippen MR) is 121 cm³/mol. The molecule has 0 saturated carbocycles. The lowest BCUT2D eigenvalue weighted by Gasteiger charge is -2.18. The number of nitrogen functional groups attached to an aromatic ring is 1. The molecule has 14 heteroatoms. The summed E-state index contributed by atoms with van der Waals surface area (Å²) in [7, 11) is 0. The van der Waals surface area contributed by atoms with Crippen molar-refractivity contribution in [1.29, 1.82) is 0 Å². The number of hydrogen-bond donors (Lipinski definition) is 4. The van der Waals surface area contributed by atoms with Gasteiger partial charge in [-0.1, -0.05) is 12.1 Å². The Labute approximate surface area is 195 Å². The number of aliphatic hydroxyl groups excluding tert-OH is 3. The van der Waals surface area contributed by atoms with E-state index >= 15 is 0 Å². The summed E-state index contributed by atoms with van der Waals surface area (Å²) in [6.45, 7) is -0.478. The molecule has 1 aliphatic rings. The van der Waals surface area contributed by atoms with Crippen molar-refractivity contribution >= 4 is 45.3 Å². The number of thioether (sulfide) groups is 1. The summed E-state index contributed by atoms with van der Waals surface area (Å²) in [5.74, 6) is 0.630. The van der Waals surface area contributed by atoms with Crippen LogP contribution in [0.15, 0.2) is 41.9 Å². The number of anilines is 1. The maximum atomic E-state index is 10.9. The fraction of sp³-hybridized carbons (Fsp3) is 0.300. The number of nitrogens with zero attached hydrogens (tertiary/aromatic N) is 6. The standard InChI is InChI=1S/C20H19N7O6S/c21-16-12-13-18(24-8-25-19(13)34-6-9-1-3-10(4-2-9)27(31)32)26(17(12)23-7-22-16)20-15(30)14(29)11(5-28)33-20/h1-4,7-8,11,14-15,20,28-30H,5-6H2,(H2,21,22,23)/t11-,14-,15-,20?/m1/s1. The number of nitro benzene ring substituents is 1. The molecule has 5 rings (SSSR count). The van der Waals surface area contributed by atoms with Crippen LogP contribution in [0.25, 0.3) is 22.1 Å². The van der Waals surface area contributed by atoms with Crippen molar-refractivity contribution in [3.63, 3.8) is 0 Å². The Kier molecular flexibility index (Phi) is 5.75. The first-order valence-electron chi connectivity index (χ1n) is 10.1. The number of ether oxygens (including phenoxy) is 1. The van der Waals surface area contributed by atoms with Crippen LogP contribution in [0.2, 0.25) is 0 Å². The van der Waals surface area contributed by atoms with E-state index in [9.17, 15) is 25.4 Å². The number of non-ortho nitro benzene ring substituents is 1. The largest absolute Gasteiger partial charge is 0.394 e. The Balaban J connectivity index is 1.59. The molecule has 5 N–H and O–H groups in total. The molecule has 34 heavy (non-hydrogen) atoms. The number of fused-ring (bicyclic) bond motifs is 3. The lowest BCUT2D eigenvalue weighted by atomic mass is 10.1. The monoisotopic (exact) mass is 485 g/mol. The topological polar surface area (TPSA) is 196 Å². The van der Waals surface area contributed by atoms with Gasteiger partial charge in [-0.2, -0.15) is 0 Å². The number of nitro groups is 1. The van der Waals surface area contributed by atoms with E-state index in [0.717, 1.165) is 5.56 Å². The first-order chi connectivity index (χ1) is 16.4. The molecule has 1 aliphatic heterocycles. The SMILES string of the molecule is Nc1ncnc2c1c1c(SCc3ccc([N+](=O)[O-])cc3)ncnc1n2C1O[C@H](CO)[C@@H](O)[C@H]1O. The summed E-state index contributed by atoms with van der Waals surface area (Å²) >= 11 is 1.36. The summed E-state index contributed by atoms with van der Waals surface area (Å²) in [5.41, 5.74) is 7.72. The van der Waals surface area contributed by atoms with Gasteiger partial charge in [0.2, 0.25) is 0 Å². The van der Waals surface area contributed by atoms with Crippen LogP contribution in [0.5, 0.6) is 0 Å². The maximum absolute atomic E-state index is 10.9. The Morgan fingerprint density at radius 3 is 2.38 bits per heavy atom. The molecule has 0 aliphatic carbocycles. The molecular formula is C20H19N7O6S. The second-order valence-electron chi connectivity index (χ2n) is 7.65. The van der Waals surface area contributed by atoms with Crippen LogP contribution in [0.1, 0.15) is 11.8 Å². The molecule has 0 radical (unpaired) electrons. The van der Waals surface area contributed by atoms with E-state index in [0.29, 0.717) is 32.8 Å². The highest BCUT2D eigenvalue weighted by molar-refractivity contribution is 7.98. The first kappa shape index (κ1) is 22.4. The van der Waals surface area contributed by atoms with Crippen LogP contribution < -0.4 is 5.73 Å². The summed E-state index contributed by atoms with van der Waals surface area (Å²) in [4.78, 5) is 27.6. The lowest BCUT2D eigenvalue weighted by molar-refractivity contribution is -0.384. The third-order valence-corrected chi connectivity index (χ3v) is 6.71. The summed E-state index contributed by atoms with van der Waals surface area (Å²) in [5, 5.41) is 42.8. The zero-order valence-corrected chi connectivity index (χ0v) is 18.2. The Morgan fingerprint density at radius 1 is 1.06 bits per heavy atom. The van der Waals surface area contributed by atoms with Crippen LogP contribution in [-0.2, 0) is 10.5 Å². The van der Waals surface area contributed by atoms with E-state index in [2.05, 4.69) is 19.9 Å². The summed E-state index contributed by atoms with van der Waals surface area (Å²) in [6, 6.07) is 6.21. The van der Waals surface area contributed by atoms with Gasteiger partial charge in [0.25, 0.3) is 5.69 Å². The zero-order chi connectivity index (χ0) is 24.0. The zero-order valence-electron chi connectivity index (χ0n) is 17.4. The van der Waals surface area contributed by atoms with Crippen molar-refractivity contribution in [3.05, 3.63) is 52.6 Å². The second kappa shape index (κ2) is 8.73. The smallest absolute Gasteiger partial charge is 0.269 e. The molecule has 1 unspecified atom stereocenters. The molecule has 0 spiro atoms. The van der Waals surface area contributed by atoms with E-state index in [1.165, 1.54) is 41.1 Å². The van der Waals surface area contributed by atoms with Crippen LogP contribution in [0.3, 0.4) is 0 Å². The van der Waals surface area contributed by atoms with Gasteiger partial charge in [-0.05, 0) is 5.56 Å². The van der Waals surface area contributed by atoms with E-state index in [4.69, 9.17) is 10.5 Å². The highest BCUT2D eigenvalue weighted by Gasteiger charge is 2.45. The fourth-order valence-electron chi connectivity index (χ4n) is 3.98. The van der Waals surface area contributed by atoms with Gasteiger partial charge in [0.1, 0.15) is 53.1 Å². The van der Waals surface area contributed by atoms with Gasteiger partial charge in [-0.25, -0.2) is 19.9 Å². The van der Waals surface area contributed by atoms with Crippen LogP contribution in [0, 0.1) is 10.1 Å². The maximum Gasteiger partial charge on any atom is 0.269 e. The minimum atomic E-state index is -1.35. The van der Waals surface area contributed by atoms with E-state index < -0.39 is 36.1 Å². The Hall–Kier alpha value is -3.43. The molecule has 13 nitrogen and oxygen atoms in total. The van der Waals surface area contributed by atoms with E-state index in [-0.39, 0.29) is 11.5 Å². The minimum Gasteiger partial charge on any atom is -0.394 e. The molecule has 1 saturated heterocycles. The van der Waals surface area contributed by atoms with Crippen LogP contribution >= 0.6 is 11.8 Å². The van der Waals surface area contributed by atoms with Crippen molar-refractivity contribution in [2.45, 2.75) is 35.3 Å². The average Bonchev–Trinajstić information content (AvgIpc) is 3.32. The van der Waals surface area contributed by atoms with Crippen LogP contribution in [0.4, 0.5) is 11.5 Å². The van der Waals surface area contributed by atoms with Gasteiger partial charge in [0.05, 0.1) is 22.3 Å². The fourth-order valence-corrected chi connectivity index (χ4v) is 4.94. The van der Waals surface area contributed by atoms with Gasteiger partial charge >= 0.3 is 0 Å². The minimum absolute atomic E-state index is 0.00432. The van der Waals surface area contributed by atoms with Gasteiger partial charge in [0.15, 0.2) is 6.23 Å². The molecule has 0 amide bonds. The third kappa shape index (κ3) is 3.61. The molecule has 1 aromatic carbocycles. The predicted octanol–water partition coefficient (Wildman–Crippen LogP) is 0.769. The second-order valence-corrected chi connectivity index (χ2v) is 8.61. The van der Waals surface area contributed by atoms with Gasteiger partial charge < -0.3 is 25.8 Å². The summed E-state index contributed by atoms with van der Waals surface area (Å²) < 4.78 is 7.24. The van der Waals surface area contributed by atoms with Crippen molar-refractivity contribution in [2.75, 3.05) is 12.3 Å². The van der Waals surface area contributed by atoms with E-state index in [1.54, 1.807) is 12.1 Å². The number of aromatic nitrogens is 5. The number of aliphatic hydroxyl groups is 3. The molecule has 4 aromatic rings. The van der Waals surface area contributed by atoms with Crippen molar-refractivity contribution in [3.8, 4) is 0 Å². The quantitative estimate of drug-likeness (QED) is 0.130. The summed E-state index contributed by atoms with van der Waals surface area (Å²) in [6.07, 6.45) is -2.10. The number of nitrogens with two attached hydrogens (primary N) is 1. The van der Waals surface area contributed by atoms with Gasteiger partial charge in [-0.3, -0.25) is 14.7 Å². The number of benzene rings is 1. The molecule has 176 valence electrons. The lowest BCUT2D eigenvalue weighted by Crippen LogP contribution is -2.33. The first-order valence-corrected chi connectivity index (χ1v) is 11.1. The third-order valence-electron chi connectivity index (χ3n) is 5.65. The normalized spacial score (nSPS) is 22.6. The average molecular weight is 485 g/mol. The van der Waals surface area contributed by atoms with Crippen molar-refractivity contribution < 1.29 is 25.0 Å². The molecule has 4 heterocycles. The highest BCUT2D eigenvalue weighted by atomic mass is 32.2. The Bertz CT molecular complexity index is 1380. The Morgan fingerprint density at radius 2 is 1.74 bits per heavy atom. The van der Waals surface area contributed by atoms with Gasteiger partial charge in [-0.15, -0.1) is 11.8 Å². The molecule has 3 aromatic heterocycles. The molecule has 4 atom stereocenters. The number of hydrogen-bond acceptors (Lipinski definition) is 12. The van der Waals surface area contributed by atoms with Crippen LogP contribution in [-0.4, -0.2) is 69.7 Å². The van der Waals surface area contributed by atoms with Crippen molar-refractivity contribution in [2.24, 2.45) is 0 Å². The molecular weight excluding hydrogens is 466 g/mol. The van der Waals surface area contributed by atoms with Gasteiger partial charge in [0, 0.05) is 17.9 Å². The molecule has 1 fully saturated rings. The van der Waals surface area contributed by atoms with E-state index in [1.807, 2.05) is 0 Å². The van der Waals surface area contributed by atoms with Crippen molar-refractivity contribution in [1.82, 2.24) is 24.5 Å².